The number of aromatic nitrogens is 2. The van der Waals surface area contributed by atoms with Crippen molar-refractivity contribution in [2.45, 2.75) is 32.6 Å². The van der Waals surface area contributed by atoms with Crippen molar-refractivity contribution in [3.63, 3.8) is 0 Å². The van der Waals surface area contributed by atoms with Crippen molar-refractivity contribution in [1.29, 1.82) is 0 Å². The summed E-state index contributed by atoms with van der Waals surface area (Å²) in [5, 5.41) is 9.96. The van der Waals surface area contributed by atoms with Gasteiger partial charge in [0.1, 0.15) is 0 Å². The third-order valence-corrected chi connectivity index (χ3v) is 19.3. The van der Waals surface area contributed by atoms with E-state index in [-0.39, 0.29) is 0 Å². The Labute approximate surface area is 554 Å². The fraction of sp³-hybridized carbons (Fsp3) is 0.0549. The summed E-state index contributed by atoms with van der Waals surface area (Å²) >= 11 is 0. The highest BCUT2D eigenvalue weighted by atomic mass is 15.1. The quantitative estimate of drug-likeness (QED) is 0.0708. The molecule has 4 heteroatoms. The van der Waals surface area contributed by atoms with Gasteiger partial charge in [-0.1, -0.05) is 244 Å². The average Bonchev–Trinajstić information content (AvgIpc) is 1.75. The number of benzene rings is 15. The van der Waals surface area contributed by atoms with Crippen molar-refractivity contribution in [1.82, 2.24) is 9.13 Å². The first kappa shape index (κ1) is 57.0. The topological polar surface area (TPSA) is 16.3 Å². The summed E-state index contributed by atoms with van der Waals surface area (Å²) in [6.45, 7) is 2.29. The molecule has 4 nitrogen and oxygen atoms in total. The van der Waals surface area contributed by atoms with E-state index in [9.17, 15) is 0 Å². The molecule has 0 bridgehead atoms. The maximum Gasteiger partial charge on any atom is 0.0542 e. The summed E-state index contributed by atoms with van der Waals surface area (Å²) < 4.78 is 4.75. The molecular weight excluding hydrogens is 1150 g/mol. The van der Waals surface area contributed by atoms with Gasteiger partial charge in [0.25, 0.3) is 0 Å². The second-order valence-corrected chi connectivity index (χ2v) is 25.0. The molecule has 2 heterocycles. The van der Waals surface area contributed by atoms with Gasteiger partial charge < -0.3 is 18.9 Å². The van der Waals surface area contributed by atoms with Gasteiger partial charge in [-0.3, -0.25) is 0 Å². The van der Waals surface area contributed by atoms with Crippen molar-refractivity contribution in [3.05, 3.63) is 351 Å². The first-order valence-corrected chi connectivity index (χ1v) is 33.4. The first-order valence-electron chi connectivity index (χ1n) is 33.4. The third kappa shape index (κ3) is 10.4. The number of hydrogen-bond acceptors (Lipinski definition) is 2. The van der Waals surface area contributed by atoms with E-state index in [1.807, 2.05) is 0 Å². The normalized spacial score (nSPS) is 11.6. The summed E-state index contributed by atoms with van der Waals surface area (Å²) in [5.41, 5.74) is 24.7. The van der Waals surface area contributed by atoms with Crippen molar-refractivity contribution < 1.29 is 0 Å². The van der Waals surface area contributed by atoms with Gasteiger partial charge in [0.05, 0.1) is 22.1 Å². The largest absolute Gasteiger partial charge is 0.310 e. The van der Waals surface area contributed by atoms with Crippen molar-refractivity contribution in [2.24, 2.45) is 0 Å². The summed E-state index contributed by atoms with van der Waals surface area (Å²) in [6.07, 6.45) is 4.64. The number of hydrogen-bond donors (Lipinski definition) is 0. The van der Waals surface area contributed by atoms with Crippen LogP contribution in [0.3, 0.4) is 0 Å². The molecule has 452 valence electrons. The van der Waals surface area contributed by atoms with E-state index in [1.165, 1.54) is 134 Å². The molecule has 0 unspecified atom stereocenters. The molecule has 0 amide bonds. The molecule has 17 aromatic rings. The van der Waals surface area contributed by atoms with Crippen LogP contribution in [0.4, 0.5) is 34.1 Å². The number of unbranched alkanes of at least 4 members (excludes halogenated alkanes) is 2. The Bertz CT molecular complexity index is 5620. The molecule has 0 spiro atoms. The molecule has 0 radical (unpaired) electrons. The molecule has 0 saturated heterocycles. The zero-order valence-electron chi connectivity index (χ0n) is 53.0. The molecule has 0 N–H and O–H groups in total. The van der Waals surface area contributed by atoms with Crippen LogP contribution in [0, 0.1) is 0 Å². The highest BCUT2D eigenvalue weighted by molar-refractivity contribution is 6.22. The van der Waals surface area contributed by atoms with Gasteiger partial charge in [-0.25, -0.2) is 0 Å². The molecule has 95 heavy (non-hydrogen) atoms. The molecule has 17 rings (SSSR count). The van der Waals surface area contributed by atoms with Crippen LogP contribution in [0.1, 0.15) is 31.7 Å². The minimum atomic E-state index is 1.06. The zero-order valence-corrected chi connectivity index (χ0v) is 53.0. The van der Waals surface area contributed by atoms with Crippen LogP contribution in [0.5, 0.6) is 0 Å². The molecular formula is C91H68N4. The maximum absolute atomic E-state index is 2.50. The van der Waals surface area contributed by atoms with Gasteiger partial charge in [0.15, 0.2) is 0 Å². The third-order valence-electron chi connectivity index (χ3n) is 19.3. The Morgan fingerprint density at radius 3 is 0.989 bits per heavy atom. The predicted molar refractivity (Wildman–Crippen MR) is 404 cm³/mol. The van der Waals surface area contributed by atoms with Gasteiger partial charge in [0.2, 0.25) is 0 Å². The lowest BCUT2D eigenvalue weighted by Gasteiger charge is -2.26. The average molecular weight is 1220 g/mol. The highest BCUT2D eigenvalue weighted by Gasteiger charge is 2.22. The van der Waals surface area contributed by atoms with E-state index in [1.54, 1.807) is 0 Å². The predicted octanol–water partition coefficient (Wildman–Crippen LogP) is 25.5. The van der Waals surface area contributed by atoms with Crippen LogP contribution >= 0.6 is 0 Å². The Hall–Kier alpha value is -12.0. The van der Waals surface area contributed by atoms with Gasteiger partial charge in [0, 0.05) is 67.0 Å². The van der Waals surface area contributed by atoms with Crippen LogP contribution in [0.15, 0.2) is 346 Å². The maximum atomic E-state index is 2.50. The number of rotatable bonds is 16. The van der Waals surface area contributed by atoms with Crippen LogP contribution in [-0.2, 0) is 6.42 Å². The lowest BCUT2D eigenvalue weighted by atomic mass is 9.84. The standard InChI is InChI=1S/C91H68N4/c1-2-3-8-23-63-38-57-82-85(60-63)91(69-45-41-65(42-46-69)67-49-53-75(54-50-67)93(71-26-11-5-12-27-71)77-56-59-89-84(62-77)79-33-20-22-37-87(79)95(89)73-30-15-7-16-31-73)81-35-18-17-34-80(81)90(82)68-43-39-64(40-44-68)66-47-51-74(52-48-66)92(70-24-9-4-10-25-70)76-55-58-88-83(61-76)78-32-19-21-36-86(78)94(88)72-28-13-6-14-29-72/h4-7,9-22,24-62H,2-3,8,23H2,1H3. The molecule has 0 aliphatic carbocycles. The number of anilines is 6. The van der Waals surface area contributed by atoms with Gasteiger partial charge >= 0.3 is 0 Å². The Kier molecular flexibility index (Phi) is 14.7. The molecule has 0 saturated carbocycles. The van der Waals surface area contributed by atoms with Gasteiger partial charge in [-0.2, -0.15) is 0 Å². The molecule has 0 aliphatic heterocycles. The number of para-hydroxylation sites is 6. The van der Waals surface area contributed by atoms with E-state index in [4.69, 9.17) is 0 Å². The molecule has 15 aromatic carbocycles. The van der Waals surface area contributed by atoms with Crippen molar-refractivity contribution in [3.8, 4) is 55.9 Å². The number of fused-ring (bicyclic) bond motifs is 8. The minimum Gasteiger partial charge on any atom is -0.310 e. The fourth-order valence-electron chi connectivity index (χ4n) is 14.8. The summed E-state index contributed by atoms with van der Waals surface area (Å²) in [6, 6.07) is 127. The lowest BCUT2D eigenvalue weighted by Crippen LogP contribution is -2.09. The minimum absolute atomic E-state index is 1.06. The zero-order chi connectivity index (χ0) is 63.2. The van der Waals surface area contributed by atoms with Gasteiger partial charge in [-0.05, 0) is 206 Å². The van der Waals surface area contributed by atoms with Crippen LogP contribution in [0.2, 0.25) is 0 Å². The van der Waals surface area contributed by atoms with E-state index < -0.39 is 0 Å². The Balaban J connectivity index is 0.692. The van der Waals surface area contributed by atoms with E-state index >= 15 is 0 Å². The van der Waals surface area contributed by atoms with Crippen LogP contribution < -0.4 is 9.80 Å². The lowest BCUT2D eigenvalue weighted by molar-refractivity contribution is 0.718. The van der Waals surface area contributed by atoms with Crippen molar-refractivity contribution in [2.75, 3.05) is 9.80 Å². The summed E-state index contributed by atoms with van der Waals surface area (Å²) in [4.78, 5) is 4.75. The monoisotopic (exact) mass is 1220 g/mol. The van der Waals surface area contributed by atoms with Gasteiger partial charge in [-0.15, -0.1) is 0 Å². The molecule has 0 aliphatic rings. The summed E-state index contributed by atoms with van der Waals surface area (Å²) in [7, 11) is 0. The number of aryl methyl sites for hydroxylation is 1. The Morgan fingerprint density at radius 2 is 0.558 bits per heavy atom. The van der Waals surface area contributed by atoms with E-state index in [0.717, 1.165) is 51.9 Å². The smallest absolute Gasteiger partial charge is 0.0542 e. The first-order chi connectivity index (χ1) is 47.1. The molecule has 0 fully saturated rings. The number of nitrogens with zero attached hydrogens (tertiary/aromatic N) is 4. The Morgan fingerprint density at radius 1 is 0.232 bits per heavy atom. The molecule has 0 atom stereocenters. The van der Waals surface area contributed by atoms with Crippen molar-refractivity contribution >= 4 is 99.3 Å². The SMILES string of the molecule is CCCCCc1ccc2c(-c3ccc(-c4ccc(N(c5ccccc5)c5ccc6c(c5)c5ccccc5n6-c5ccccc5)cc4)cc3)c3ccccc3c(-c3ccc(-c4ccc(N(c5ccccc5)c5ccc6c(c5)c5ccccc5n6-c5ccccc5)cc4)cc3)c2c1. The second-order valence-electron chi connectivity index (χ2n) is 25.0. The van der Waals surface area contributed by atoms with E-state index in [0.29, 0.717) is 0 Å². The highest BCUT2D eigenvalue weighted by Crippen LogP contribution is 2.47. The summed E-state index contributed by atoms with van der Waals surface area (Å²) in [5.74, 6) is 0. The van der Waals surface area contributed by atoms with Crippen LogP contribution in [0.25, 0.3) is 121 Å². The van der Waals surface area contributed by atoms with E-state index in [2.05, 4.69) is 372 Å². The fourth-order valence-corrected chi connectivity index (χ4v) is 14.8. The van der Waals surface area contributed by atoms with Crippen LogP contribution in [-0.4, -0.2) is 9.13 Å². The second kappa shape index (κ2) is 24.6. The molecule has 2 aromatic heterocycles.